The Kier molecular flexibility index (Phi) is 5.49. The normalized spacial score (nSPS) is 12.5. The summed E-state index contributed by atoms with van der Waals surface area (Å²) < 4.78 is 10.0. The average molecular weight is 263 g/mol. The van der Waals surface area contributed by atoms with Crippen molar-refractivity contribution in [2.45, 2.75) is 19.3 Å². The van der Waals surface area contributed by atoms with Crippen molar-refractivity contribution in [3.63, 3.8) is 0 Å². The van der Waals surface area contributed by atoms with E-state index < -0.39 is 6.10 Å². The fourth-order valence-electron chi connectivity index (χ4n) is 1.57. The van der Waals surface area contributed by atoms with Gasteiger partial charge >= 0.3 is 0 Å². The van der Waals surface area contributed by atoms with Crippen LogP contribution in [0.1, 0.15) is 11.4 Å². The predicted octanol–water partition coefficient (Wildman–Crippen LogP) is 0.737. The molecule has 1 aromatic heterocycles. The number of benzene rings is 1. The van der Waals surface area contributed by atoms with Crippen LogP contribution < -0.4 is 5.32 Å². The van der Waals surface area contributed by atoms with Crippen LogP contribution in [-0.4, -0.2) is 34.5 Å². The molecule has 0 spiro atoms. The third-order valence-corrected chi connectivity index (χ3v) is 2.49. The second kappa shape index (κ2) is 7.63. The van der Waals surface area contributed by atoms with E-state index in [1.54, 1.807) is 0 Å². The number of aliphatic hydroxyl groups excluding tert-OH is 1. The Morgan fingerprint density at radius 3 is 2.89 bits per heavy atom. The summed E-state index contributed by atoms with van der Waals surface area (Å²) in [6.07, 6.45) is 0.715. The Labute approximate surface area is 111 Å². The van der Waals surface area contributed by atoms with E-state index >= 15 is 0 Å². The highest BCUT2D eigenvalue weighted by Gasteiger charge is 2.05. The zero-order valence-corrected chi connectivity index (χ0v) is 10.5. The summed E-state index contributed by atoms with van der Waals surface area (Å²) in [5.41, 5.74) is 1.09. The van der Waals surface area contributed by atoms with E-state index in [1.165, 1.54) is 6.39 Å². The van der Waals surface area contributed by atoms with Gasteiger partial charge in [0.1, 0.15) is 0 Å². The van der Waals surface area contributed by atoms with Crippen LogP contribution in [0.3, 0.4) is 0 Å². The fourth-order valence-corrected chi connectivity index (χ4v) is 1.57. The monoisotopic (exact) mass is 263 g/mol. The SMILES string of the molecule is OC(CNCc1ncon1)COCc1ccccc1. The highest BCUT2D eigenvalue weighted by atomic mass is 16.5. The van der Waals surface area contributed by atoms with Gasteiger partial charge < -0.3 is 19.7 Å². The molecule has 0 saturated carbocycles. The number of aromatic nitrogens is 2. The zero-order valence-electron chi connectivity index (χ0n) is 10.5. The summed E-state index contributed by atoms with van der Waals surface area (Å²) in [5, 5.41) is 16.4. The van der Waals surface area contributed by atoms with Crippen LogP contribution in [0.5, 0.6) is 0 Å². The first kappa shape index (κ1) is 13.7. The van der Waals surface area contributed by atoms with Crippen molar-refractivity contribution in [1.29, 1.82) is 0 Å². The van der Waals surface area contributed by atoms with Crippen molar-refractivity contribution in [3.05, 3.63) is 48.1 Å². The van der Waals surface area contributed by atoms with Gasteiger partial charge in [-0.1, -0.05) is 35.5 Å². The Hall–Kier alpha value is -1.76. The van der Waals surface area contributed by atoms with E-state index in [0.29, 0.717) is 25.5 Å². The van der Waals surface area contributed by atoms with Crippen molar-refractivity contribution in [1.82, 2.24) is 15.5 Å². The van der Waals surface area contributed by atoms with Crippen molar-refractivity contribution in [3.8, 4) is 0 Å². The van der Waals surface area contributed by atoms with Gasteiger partial charge in [0.25, 0.3) is 0 Å². The molecule has 0 aliphatic rings. The van der Waals surface area contributed by atoms with E-state index in [0.717, 1.165) is 5.56 Å². The standard InChI is InChI=1S/C13H17N3O3/c17-12(6-14-7-13-15-10-19-16-13)9-18-8-11-4-2-1-3-5-11/h1-5,10,12,14,17H,6-9H2. The number of ether oxygens (including phenoxy) is 1. The van der Waals surface area contributed by atoms with Crippen molar-refractivity contribution >= 4 is 0 Å². The van der Waals surface area contributed by atoms with Gasteiger partial charge in [-0.3, -0.25) is 0 Å². The summed E-state index contributed by atoms with van der Waals surface area (Å²) in [5.74, 6) is 0.567. The van der Waals surface area contributed by atoms with E-state index in [2.05, 4.69) is 20.0 Å². The first-order valence-corrected chi connectivity index (χ1v) is 6.10. The first-order valence-electron chi connectivity index (χ1n) is 6.10. The number of nitrogens with zero attached hydrogens (tertiary/aromatic N) is 2. The lowest BCUT2D eigenvalue weighted by atomic mass is 10.2. The molecule has 6 heteroatoms. The number of hydrogen-bond acceptors (Lipinski definition) is 6. The minimum Gasteiger partial charge on any atom is -0.389 e. The molecule has 0 saturated heterocycles. The molecule has 2 aromatic rings. The molecule has 1 atom stereocenters. The second-order valence-corrected chi connectivity index (χ2v) is 4.13. The number of hydrogen-bond donors (Lipinski definition) is 2. The molecular formula is C13H17N3O3. The highest BCUT2D eigenvalue weighted by Crippen LogP contribution is 2.00. The van der Waals surface area contributed by atoms with Gasteiger partial charge in [0.05, 0.1) is 25.9 Å². The lowest BCUT2D eigenvalue weighted by Gasteiger charge is -2.11. The Morgan fingerprint density at radius 2 is 2.16 bits per heavy atom. The lowest BCUT2D eigenvalue weighted by molar-refractivity contribution is 0.0286. The maximum atomic E-state index is 9.70. The minimum absolute atomic E-state index is 0.286. The second-order valence-electron chi connectivity index (χ2n) is 4.13. The van der Waals surface area contributed by atoms with Crippen LogP contribution in [-0.2, 0) is 17.9 Å². The van der Waals surface area contributed by atoms with E-state index in [4.69, 9.17) is 4.74 Å². The molecule has 1 aromatic carbocycles. The van der Waals surface area contributed by atoms with Crippen molar-refractivity contribution < 1.29 is 14.4 Å². The number of rotatable bonds is 8. The van der Waals surface area contributed by atoms with Crippen molar-refractivity contribution in [2.24, 2.45) is 0 Å². The quantitative estimate of drug-likeness (QED) is 0.731. The number of aliphatic hydroxyl groups is 1. The van der Waals surface area contributed by atoms with Gasteiger partial charge in [-0.15, -0.1) is 0 Å². The molecule has 0 radical (unpaired) electrons. The van der Waals surface area contributed by atoms with Gasteiger partial charge in [0, 0.05) is 6.54 Å². The summed E-state index contributed by atoms with van der Waals surface area (Å²) in [7, 11) is 0. The summed E-state index contributed by atoms with van der Waals surface area (Å²) in [6.45, 7) is 1.67. The van der Waals surface area contributed by atoms with Crippen LogP contribution in [0.2, 0.25) is 0 Å². The maximum absolute atomic E-state index is 9.70. The van der Waals surface area contributed by atoms with E-state index in [1.807, 2.05) is 30.3 Å². The van der Waals surface area contributed by atoms with Crippen LogP contribution >= 0.6 is 0 Å². The number of nitrogens with one attached hydrogen (secondary N) is 1. The molecule has 2 N–H and O–H groups in total. The largest absolute Gasteiger partial charge is 0.389 e. The molecule has 0 amide bonds. The summed E-state index contributed by atoms with van der Waals surface area (Å²) in [4.78, 5) is 3.86. The van der Waals surface area contributed by atoms with Gasteiger partial charge in [0.15, 0.2) is 5.82 Å². The first-order chi connectivity index (χ1) is 9.34. The summed E-state index contributed by atoms with van der Waals surface area (Å²) >= 11 is 0. The van der Waals surface area contributed by atoms with Crippen LogP contribution in [0, 0.1) is 0 Å². The maximum Gasteiger partial charge on any atom is 0.213 e. The third-order valence-electron chi connectivity index (χ3n) is 2.49. The van der Waals surface area contributed by atoms with Crippen LogP contribution in [0.4, 0.5) is 0 Å². The van der Waals surface area contributed by atoms with Crippen LogP contribution in [0.25, 0.3) is 0 Å². The van der Waals surface area contributed by atoms with Crippen LogP contribution in [0.15, 0.2) is 41.2 Å². The predicted molar refractivity (Wildman–Crippen MR) is 68.1 cm³/mol. The molecular weight excluding hydrogens is 246 g/mol. The average Bonchev–Trinajstić information content (AvgIpc) is 2.93. The minimum atomic E-state index is -0.560. The molecule has 1 heterocycles. The highest BCUT2D eigenvalue weighted by molar-refractivity contribution is 5.13. The van der Waals surface area contributed by atoms with E-state index in [9.17, 15) is 5.11 Å². The fraction of sp³-hybridized carbons (Fsp3) is 0.385. The molecule has 0 fully saturated rings. The van der Waals surface area contributed by atoms with Crippen molar-refractivity contribution in [2.75, 3.05) is 13.2 Å². The lowest BCUT2D eigenvalue weighted by Crippen LogP contribution is -2.30. The molecule has 2 rings (SSSR count). The Balaban J connectivity index is 1.56. The van der Waals surface area contributed by atoms with Gasteiger partial charge in [-0.25, -0.2) is 0 Å². The zero-order chi connectivity index (χ0) is 13.3. The topological polar surface area (TPSA) is 80.4 Å². The van der Waals surface area contributed by atoms with Gasteiger partial charge in [-0.2, -0.15) is 4.98 Å². The molecule has 102 valence electrons. The smallest absolute Gasteiger partial charge is 0.213 e. The third kappa shape index (κ3) is 5.17. The van der Waals surface area contributed by atoms with Gasteiger partial charge in [0.2, 0.25) is 6.39 Å². The molecule has 0 bridgehead atoms. The molecule has 1 unspecified atom stereocenters. The summed E-state index contributed by atoms with van der Waals surface area (Å²) in [6, 6.07) is 9.85. The molecule has 0 aliphatic heterocycles. The van der Waals surface area contributed by atoms with Gasteiger partial charge in [-0.05, 0) is 5.56 Å². The molecule has 0 aliphatic carbocycles. The molecule has 19 heavy (non-hydrogen) atoms. The van der Waals surface area contributed by atoms with E-state index in [-0.39, 0.29) is 6.61 Å². The Morgan fingerprint density at radius 1 is 1.32 bits per heavy atom. The Bertz CT molecular complexity index is 447. The molecule has 6 nitrogen and oxygen atoms in total.